The summed E-state index contributed by atoms with van der Waals surface area (Å²) in [6.45, 7) is 0. The molecule has 0 radical (unpaired) electrons. The summed E-state index contributed by atoms with van der Waals surface area (Å²) in [4.78, 5) is 11.3. The number of carbonyl (C=O) groups excluding carboxylic acids is 1. The van der Waals surface area contributed by atoms with Crippen LogP contribution in [-0.4, -0.2) is 23.1 Å². The molecule has 0 saturated heterocycles. The number of ketones is 1. The molecule has 0 atom stereocenters. The van der Waals surface area contributed by atoms with Crippen LogP contribution >= 0.6 is 11.8 Å². The molecule has 54 valence electrons. The molecule has 0 bridgehead atoms. The molecule has 0 spiro atoms. The molecule has 0 aliphatic carbocycles. The van der Waals surface area contributed by atoms with Gasteiger partial charge in [-0.2, -0.15) is 0 Å². The molecule has 1 aliphatic rings. The first-order valence-electron chi connectivity index (χ1n) is 2.71. The molecule has 0 saturated carbocycles. The van der Waals surface area contributed by atoms with Gasteiger partial charge in [0.05, 0.1) is 4.91 Å². The van der Waals surface area contributed by atoms with E-state index in [0.29, 0.717) is 4.91 Å². The second-order valence-electron chi connectivity index (χ2n) is 1.85. The van der Waals surface area contributed by atoms with E-state index in [1.54, 1.807) is 5.41 Å². The summed E-state index contributed by atoms with van der Waals surface area (Å²) in [6.07, 6.45) is 2.85. The van der Waals surface area contributed by atoms with Crippen molar-refractivity contribution < 1.29 is 10.0 Å². The van der Waals surface area contributed by atoms with Crippen molar-refractivity contribution in [3.05, 3.63) is 22.6 Å². The quantitative estimate of drug-likeness (QED) is 0.455. The first-order valence-corrected chi connectivity index (χ1v) is 3.59. The fourth-order valence-corrected chi connectivity index (χ4v) is 1.31. The lowest BCUT2D eigenvalue weighted by atomic mass is 10.4. The van der Waals surface area contributed by atoms with Gasteiger partial charge in [-0.15, -0.1) is 0 Å². The molecular weight excluding hydrogens is 150 g/mol. The molecule has 0 fully saturated rings. The number of hydroxylamine groups is 2. The van der Waals surface area contributed by atoms with Crippen molar-refractivity contribution in [1.29, 1.82) is 0 Å². The number of hydrogen-bond acceptors (Lipinski definition) is 4. The topological polar surface area (TPSA) is 40.5 Å². The van der Waals surface area contributed by atoms with Crippen molar-refractivity contribution in [2.24, 2.45) is 0 Å². The van der Waals surface area contributed by atoms with E-state index >= 15 is 0 Å². The Morgan fingerprint density at radius 1 is 1.80 bits per heavy atom. The second kappa shape index (κ2) is 2.90. The number of carbonyl (C=O) groups is 1. The van der Waals surface area contributed by atoms with Gasteiger partial charge >= 0.3 is 0 Å². The number of hydrogen-bond donors (Lipinski definition) is 1. The van der Waals surface area contributed by atoms with Crippen LogP contribution < -0.4 is 0 Å². The Balaban J connectivity index is 2.67. The zero-order valence-corrected chi connectivity index (χ0v) is 6.26. The molecule has 1 heterocycles. The standard InChI is InChI=1S/C6H7NO2S/c1-7(9)4-6-5(8)2-3-10-6/h2-4,9H,1H3. The van der Waals surface area contributed by atoms with Crippen LogP contribution in [0, 0.1) is 0 Å². The van der Waals surface area contributed by atoms with Crippen molar-refractivity contribution in [2.45, 2.75) is 0 Å². The first-order chi connectivity index (χ1) is 4.70. The Morgan fingerprint density at radius 2 is 2.50 bits per heavy atom. The molecule has 0 aromatic heterocycles. The van der Waals surface area contributed by atoms with E-state index in [9.17, 15) is 4.79 Å². The predicted octanol–water partition coefficient (Wildman–Crippen LogP) is 0.978. The smallest absolute Gasteiger partial charge is 0.194 e. The van der Waals surface area contributed by atoms with E-state index in [1.165, 1.54) is 31.1 Å². The van der Waals surface area contributed by atoms with Crippen molar-refractivity contribution in [3.8, 4) is 0 Å². The Bertz CT molecular complexity index is 208. The summed E-state index contributed by atoms with van der Waals surface area (Å²) in [5.74, 6) is -0.0501. The van der Waals surface area contributed by atoms with Gasteiger partial charge in [0.1, 0.15) is 0 Å². The normalized spacial score (nSPS) is 20.6. The highest BCUT2D eigenvalue weighted by atomic mass is 32.2. The van der Waals surface area contributed by atoms with Gasteiger partial charge < -0.3 is 0 Å². The molecular formula is C6H7NO2S. The predicted molar refractivity (Wildman–Crippen MR) is 39.4 cm³/mol. The van der Waals surface area contributed by atoms with Crippen molar-refractivity contribution >= 4 is 17.5 Å². The molecule has 0 unspecified atom stereocenters. The van der Waals surface area contributed by atoms with Crippen LogP contribution in [-0.2, 0) is 4.79 Å². The van der Waals surface area contributed by atoms with E-state index < -0.39 is 0 Å². The maximum atomic E-state index is 10.8. The van der Waals surface area contributed by atoms with Gasteiger partial charge in [0.2, 0.25) is 0 Å². The summed E-state index contributed by atoms with van der Waals surface area (Å²) in [6, 6.07) is 0. The van der Waals surface area contributed by atoms with E-state index in [4.69, 9.17) is 5.21 Å². The number of nitrogens with zero attached hydrogens (tertiary/aromatic N) is 1. The van der Waals surface area contributed by atoms with Gasteiger partial charge in [0.25, 0.3) is 0 Å². The minimum absolute atomic E-state index is 0.0501. The minimum Gasteiger partial charge on any atom is -0.289 e. The molecule has 0 aromatic carbocycles. The highest BCUT2D eigenvalue weighted by Gasteiger charge is 2.11. The Morgan fingerprint density at radius 3 is 2.90 bits per heavy atom. The van der Waals surface area contributed by atoms with Crippen molar-refractivity contribution in [1.82, 2.24) is 5.06 Å². The molecule has 1 N–H and O–H groups in total. The average molecular weight is 157 g/mol. The van der Waals surface area contributed by atoms with E-state index in [-0.39, 0.29) is 5.78 Å². The molecule has 3 nitrogen and oxygen atoms in total. The lowest BCUT2D eigenvalue weighted by Crippen LogP contribution is -2.04. The van der Waals surface area contributed by atoms with Gasteiger partial charge in [-0.05, 0) is 11.5 Å². The summed E-state index contributed by atoms with van der Waals surface area (Å²) in [5, 5.41) is 11.3. The third-order valence-electron chi connectivity index (χ3n) is 0.961. The lowest BCUT2D eigenvalue weighted by Gasteiger charge is -2.02. The molecule has 1 rings (SSSR count). The van der Waals surface area contributed by atoms with Gasteiger partial charge in [-0.25, -0.2) is 0 Å². The summed E-state index contributed by atoms with van der Waals surface area (Å²) in [7, 11) is 1.46. The van der Waals surface area contributed by atoms with Gasteiger partial charge in [-0.1, -0.05) is 11.8 Å². The lowest BCUT2D eigenvalue weighted by molar-refractivity contribution is -0.110. The van der Waals surface area contributed by atoms with Crippen LogP contribution in [0.25, 0.3) is 0 Å². The maximum absolute atomic E-state index is 10.8. The highest BCUT2D eigenvalue weighted by molar-refractivity contribution is 8.07. The monoisotopic (exact) mass is 157 g/mol. The second-order valence-corrected chi connectivity index (χ2v) is 2.80. The first kappa shape index (κ1) is 7.37. The highest BCUT2D eigenvalue weighted by Crippen LogP contribution is 2.24. The average Bonchev–Trinajstić information content (AvgIpc) is 2.15. The van der Waals surface area contributed by atoms with Crippen LogP contribution in [0.5, 0.6) is 0 Å². The summed E-state index contributed by atoms with van der Waals surface area (Å²) >= 11 is 1.31. The largest absolute Gasteiger partial charge is 0.289 e. The Kier molecular flexibility index (Phi) is 2.13. The van der Waals surface area contributed by atoms with Crippen molar-refractivity contribution in [2.75, 3.05) is 7.05 Å². The molecule has 10 heavy (non-hydrogen) atoms. The van der Waals surface area contributed by atoms with Crippen LogP contribution in [0.15, 0.2) is 22.6 Å². The molecule has 0 aromatic rings. The Hall–Kier alpha value is -0.740. The fraction of sp³-hybridized carbons (Fsp3) is 0.167. The van der Waals surface area contributed by atoms with E-state index in [1.807, 2.05) is 0 Å². The number of rotatable bonds is 1. The van der Waals surface area contributed by atoms with Gasteiger partial charge in [-0.3, -0.25) is 15.1 Å². The summed E-state index contributed by atoms with van der Waals surface area (Å²) in [5.41, 5.74) is 0. The maximum Gasteiger partial charge on any atom is 0.194 e. The minimum atomic E-state index is -0.0501. The molecule has 0 amide bonds. The van der Waals surface area contributed by atoms with Crippen LogP contribution in [0.1, 0.15) is 0 Å². The zero-order chi connectivity index (χ0) is 7.56. The van der Waals surface area contributed by atoms with Crippen LogP contribution in [0.3, 0.4) is 0 Å². The number of thioether (sulfide) groups is 1. The van der Waals surface area contributed by atoms with Crippen LogP contribution in [0.2, 0.25) is 0 Å². The van der Waals surface area contributed by atoms with Crippen molar-refractivity contribution in [3.63, 3.8) is 0 Å². The SMILES string of the molecule is CN(O)C=C1SC=CC1=O. The van der Waals surface area contributed by atoms with Gasteiger partial charge in [0, 0.05) is 13.2 Å². The third-order valence-corrected chi connectivity index (χ3v) is 1.79. The van der Waals surface area contributed by atoms with Crippen LogP contribution in [0.4, 0.5) is 0 Å². The van der Waals surface area contributed by atoms with Gasteiger partial charge in [0.15, 0.2) is 5.78 Å². The summed E-state index contributed by atoms with van der Waals surface area (Å²) < 4.78 is 0. The Labute approximate surface area is 63.0 Å². The molecule has 1 aliphatic heterocycles. The number of allylic oxidation sites excluding steroid dienone is 2. The van der Waals surface area contributed by atoms with E-state index in [0.717, 1.165) is 5.06 Å². The molecule has 4 heteroatoms. The fourth-order valence-electron chi connectivity index (χ4n) is 0.573. The zero-order valence-electron chi connectivity index (χ0n) is 5.44. The third kappa shape index (κ3) is 1.62. The van der Waals surface area contributed by atoms with E-state index in [2.05, 4.69) is 0 Å².